The number of carbonyl (C=O) groups excluding carboxylic acids is 1. The number of nitrogens with zero attached hydrogens (tertiary/aromatic N) is 3. The average Bonchev–Trinajstić information content (AvgIpc) is 3.07. The van der Waals surface area contributed by atoms with Crippen LogP contribution in [0.4, 0.5) is 5.82 Å². The van der Waals surface area contributed by atoms with Crippen LogP contribution in [0.15, 0.2) is 26.6 Å². The van der Waals surface area contributed by atoms with Gasteiger partial charge in [-0.05, 0) is 19.9 Å². The van der Waals surface area contributed by atoms with Crippen LogP contribution in [0.2, 0.25) is 0 Å². The van der Waals surface area contributed by atoms with Gasteiger partial charge >= 0.3 is 0 Å². The van der Waals surface area contributed by atoms with E-state index >= 15 is 0 Å². The van der Waals surface area contributed by atoms with Gasteiger partial charge in [0.05, 0.1) is 11.1 Å². The van der Waals surface area contributed by atoms with E-state index in [1.807, 2.05) is 13.0 Å². The molecule has 0 aliphatic rings. The quantitative estimate of drug-likeness (QED) is 0.574. The van der Waals surface area contributed by atoms with Crippen molar-refractivity contribution >= 4 is 45.0 Å². The van der Waals surface area contributed by atoms with Gasteiger partial charge in [-0.25, -0.2) is 4.98 Å². The van der Waals surface area contributed by atoms with E-state index in [4.69, 9.17) is 4.52 Å². The maximum Gasteiger partial charge on any atom is 0.262 e. The SMILES string of the molecule is Cc1cc(NC(=O)CSc2nc3sc(C)cc3c(=O)n2C)no1. The largest absolute Gasteiger partial charge is 0.360 e. The summed E-state index contributed by atoms with van der Waals surface area (Å²) >= 11 is 2.68. The molecule has 23 heavy (non-hydrogen) atoms. The first-order valence-corrected chi connectivity index (χ1v) is 8.57. The smallest absolute Gasteiger partial charge is 0.262 e. The molecule has 3 rings (SSSR count). The maximum absolute atomic E-state index is 12.3. The molecule has 1 amide bonds. The molecule has 0 aromatic carbocycles. The summed E-state index contributed by atoms with van der Waals surface area (Å²) in [4.78, 5) is 30.4. The van der Waals surface area contributed by atoms with Gasteiger partial charge in [0.1, 0.15) is 10.6 Å². The molecule has 9 heteroatoms. The third-order valence-corrected chi connectivity index (χ3v) is 5.06. The molecular formula is C14H14N4O3S2. The zero-order chi connectivity index (χ0) is 16.6. The predicted molar refractivity (Wildman–Crippen MR) is 90.2 cm³/mol. The fourth-order valence-electron chi connectivity index (χ4n) is 2.03. The summed E-state index contributed by atoms with van der Waals surface area (Å²) in [6.07, 6.45) is 0. The van der Waals surface area contributed by atoms with Crippen molar-refractivity contribution in [3.63, 3.8) is 0 Å². The monoisotopic (exact) mass is 350 g/mol. The zero-order valence-electron chi connectivity index (χ0n) is 12.7. The Morgan fingerprint density at radius 1 is 1.43 bits per heavy atom. The highest BCUT2D eigenvalue weighted by Crippen LogP contribution is 2.23. The fraction of sp³-hybridized carbons (Fsp3) is 0.286. The van der Waals surface area contributed by atoms with Crippen LogP contribution >= 0.6 is 23.1 Å². The van der Waals surface area contributed by atoms with Crippen LogP contribution < -0.4 is 10.9 Å². The highest BCUT2D eigenvalue weighted by atomic mass is 32.2. The van der Waals surface area contributed by atoms with E-state index in [0.717, 1.165) is 4.88 Å². The van der Waals surface area contributed by atoms with Gasteiger partial charge in [-0.1, -0.05) is 16.9 Å². The summed E-state index contributed by atoms with van der Waals surface area (Å²) in [6, 6.07) is 3.47. The molecule has 3 heterocycles. The van der Waals surface area contributed by atoms with Gasteiger partial charge in [0.2, 0.25) is 5.91 Å². The molecule has 0 bridgehead atoms. The van der Waals surface area contributed by atoms with Gasteiger partial charge in [-0.15, -0.1) is 11.3 Å². The summed E-state index contributed by atoms with van der Waals surface area (Å²) in [6.45, 7) is 3.68. The van der Waals surface area contributed by atoms with Crippen LogP contribution in [-0.4, -0.2) is 26.4 Å². The van der Waals surface area contributed by atoms with Crippen molar-refractivity contribution in [3.8, 4) is 0 Å². The Kier molecular flexibility index (Phi) is 4.22. The zero-order valence-corrected chi connectivity index (χ0v) is 14.4. The van der Waals surface area contributed by atoms with Crippen molar-refractivity contribution in [2.45, 2.75) is 19.0 Å². The van der Waals surface area contributed by atoms with Gasteiger partial charge in [-0.2, -0.15) is 0 Å². The molecule has 120 valence electrons. The second kappa shape index (κ2) is 6.17. The van der Waals surface area contributed by atoms with Crippen molar-refractivity contribution < 1.29 is 9.32 Å². The first-order chi connectivity index (χ1) is 10.9. The van der Waals surface area contributed by atoms with E-state index < -0.39 is 0 Å². The number of carbonyl (C=O) groups is 1. The molecule has 0 spiro atoms. The standard InChI is InChI=1S/C14H14N4O3S2/c1-7-4-10(17-21-7)15-11(19)6-22-14-16-12-9(5-8(2)23-12)13(20)18(14)3/h4-5H,6H2,1-3H3,(H,15,17,19). The average molecular weight is 350 g/mol. The molecule has 7 nitrogen and oxygen atoms in total. The Morgan fingerprint density at radius 3 is 2.91 bits per heavy atom. The predicted octanol–water partition coefficient (Wildman–Crippen LogP) is 2.33. The molecule has 0 unspecified atom stereocenters. The maximum atomic E-state index is 12.3. The summed E-state index contributed by atoms with van der Waals surface area (Å²) in [5.41, 5.74) is -0.102. The van der Waals surface area contributed by atoms with E-state index in [0.29, 0.717) is 27.0 Å². The highest BCUT2D eigenvalue weighted by Gasteiger charge is 2.13. The number of fused-ring (bicyclic) bond motifs is 1. The Hall–Kier alpha value is -2.13. The molecule has 0 aliphatic heterocycles. The Balaban J connectivity index is 1.75. The van der Waals surface area contributed by atoms with E-state index in [2.05, 4.69) is 15.5 Å². The number of aryl methyl sites for hydroxylation is 2. The van der Waals surface area contributed by atoms with Crippen LogP contribution in [0.5, 0.6) is 0 Å². The van der Waals surface area contributed by atoms with Crippen LogP contribution in [-0.2, 0) is 11.8 Å². The molecule has 0 radical (unpaired) electrons. The van der Waals surface area contributed by atoms with E-state index in [-0.39, 0.29) is 17.2 Å². The Bertz CT molecular complexity index is 941. The van der Waals surface area contributed by atoms with Crippen LogP contribution in [0, 0.1) is 13.8 Å². The number of hydrogen-bond acceptors (Lipinski definition) is 7. The lowest BCUT2D eigenvalue weighted by Crippen LogP contribution is -2.20. The number of thioether (sulfide) groups is 1. The minimum Gasteiger partial charge on any atom is -0.360 e. The van der Waals surface area contributed by atoms with E-state index in [9.17, 15) is 9.59 Å². The van der Waals surface area contributed by atoms with Gasteiger partial charge in [-0.3, -0.25) is 14.2 Å². The summed E-state index contributed by atoms with van der Waals surface area (Å²) in [5, 5.41) is 7.45. The lowest BCUT2D eigenvalue weighted by molar-refractivity contribution is -0.113. The minimum absolute atomic E-state index is 0.102. The number of hydrogen-bond donors (Lipinski definition) is 1. The highest BCUT2D eigenvalue weighted by molar-refractivity contribution is 7.99. The minimum atomic E-state index is -0.236. The van der Waals surface area contributed by atoms with Crippen LogP contribution in [0.25, 0.3) is 10.2 Å². The fourth-order valence-corrected chi connectivity index (χ4v) is 3.72. The number of thiophene rings is 1. The normalized spacial score (nSPS) is 11.1. The van der Waals surface area contributed by atoms with Gasteiger partial charge < -0.3 is 9.84 Å². The number of aromatic nitrogens is 3. The number of rotatable bonds is 4. The van der Waals surface area contributed by atoms with Gasteiger partial charge in [0, 0.05) is 18.0 Å². The molecule has 3 aromatic heterocycles. The lowest BCUT2D eigenvalue weighted by Gasteiger charge is -2.06. The van der Waals surface area contributed by atoms with E-state index in [1.54, 1.807) is 20.0 Å². The van der Waals surface area contributed by atoms with E-state index in [1.165, 1.54) is 27.7 Å². The second-order valence-corrected chi connectivity index (χ2v) is 7.17. The summed E-state index contributed by atoms with van der Waals surface area (Å²) in [5.74, 6) is 0.886. The van der Waals surface area contributed by atoms with Crippen LogP contribution in [0.1, 0.15) is 10.6 Å². The third kappa shape index (κ3) is 3.30. The summed E-state index contributed by atoms with van der Waals surface area (Å²) < 4.78 is 6.35. The Labute approximate surface area is 139 Å². The first-order valence-electron chi connectivity index (χ1n) is 6.77. The molecule has 3 aromatic rings. The Morgan fingerprint density at radius 2 is 2.22 bits per heavy atom. The molecule has 0 saturated heterocycles. The lowest BCUT2D eigenvalue weighted by atomic mass is 10.4. The number of amides is 1. The second-order valence-electron chi connectivity index (χ2n) is 4.99. The van der Waals surface area contributed by atoms with Gasteiger partial charge in [0.25, 0.3) is 5.56 Å². The molecule has 0 aliphatic carbocycles. The van der Waals surface area contributed by atoms with Crippen molar-refractivity contribution in [2.24, 2.45) is 7.05 Å². The van der Waals surface area contributed by atoms with Crippen molar-refractivity contribution in [1.82, 2.24) is 14.7 Å². The first kappa shape index (κ1) is 15.8. The topological polar surface area (TPSA) is 90.0 Å². The molecule has 0 atom stereocenters. The van der Waals surface area contributed by atoms with Crippen molar-refractivity contribution in [1.29, 1.82) is 0 Å². The van der Waals surface area contributed by atoms with Gasteiger partial charge in [0.15, 0.2) is 11.0 Å². The molecule has 0 fully saturated rings. The number of nitrogens with one attached hydrogen (secondary N) is 1. The van der Waals surface area contributed by atoms with Crippen molar-refractivity contribution in [2.75, 3.05) is 11.1 Å². The molecule has 1 N–H and O–H groups in total. The number of anilines is 1. The van der Waals surface area contributed by atoms with Crippen LogP contribution in [0.3, 0.4) is 0 Å². The van der Waals surface area contributed by atoms with Crippen molar-refractivity contribution in [3.05, 3.63) is 33.1 Å². The molecule has 0 saturated carbocycles. The third-order valence-electron chi connectivity index (χ3n) is 3.08. The summed E-state index contributed by atoms with van der Waals surface area (Å²) in [7, 11) is 1.66. The molecular weight excluding hydrogens is 336 g/mol.